The summed E-state index contributed by atoms with van der Waals surface area (Å²) in [6, 6.07) is 6.84. The van der Waals surface area contributed by atoms with Crippen molar-refractivity contribution in [2.24, 2.45) is 0 Å². The Balaban J connectivity index is 2.47. The predicted molar refractivity (Wildman–Crippen MR) is 119 cm³/mol. The van der Waals surface area contributed by atoms with Gasteiger partial charge in [-0.25, -0.2) is 9.97 Å². The highest BCUT2D eigenvalue weighted by Crippen LogP contribution is 2.34. The number of carboxylic acids is 1. The van der Waals surface area contributed by atoms with Crippen LogP contribution in [0.25, 0.3) is 5.57 Å². The molecule has 1 atom stereocenters. The van der Waals surface area contributed by atoms with Crippen LogP contribution >= 0.6 is 0 Å². The number of rotatable bonds is 8. The first kappa shape index (κ1) is 22.7. The third-order valence-electron chi connectivity index (χ3n) is 4.99. The minimum Gasteiger partial charge on any atom is -0.481 e. The van der Waals surface area contributed by atoms with Crippen LogP contribution in [0.3, 0.4) is 0 Å². The number of aldehydes is 1. The number of carbonyl (C=O) groups is 2. The van der Waals surface area contributed by atoms with Crippen LogP contribution < -0.4 is 5.73 Å². The monoisotopic (exact) mass is 405 g/mol. The molecule has 0 saturated heterocycles. The summed E-state index contributed by atoms with van der Waals surface area (Å²) in [5.41, 5.74) is 9.61. The lowest BCUT2D eigenvalue weighted by molar-refractivity contribution is -0.136. The number of nitrogens with two attached hydrogens (primary N) is 1. The summed E-state index contributed by atoms with van der Waals surface area (Å²) in [5.74, 6) is -0.322. The van der Waals surface area contributed by atoms with Crippen molar-refractivity contribution < 1.29 is 14.7 Å². The average Bonchev–Trinajstić information content (AvgIpc) is 2.70. The second kappa shape index (κ2) is 9.31. The van der Waals surface area contributed by atoms with Gasteiger partial charge in [-0.1, -0.05) is 48.6 Å². The molecule has 0 amide bonds. The van der Waals surface area contributed by atoms with Gasteiger partial charge in [0.15, 0.2) is 5.82 Å². The number of anilines is 1. The maximum atomic E-state index is 12.1. The molecular weight excluding hydrogens is 378 g/mol. The lowest BCUT2D eigenvalue weighted by Crippen LogP contribution is -2.28. The van der Waals surface area contributed by atoms with Crippen LogP contribution in [0.2, 0.25) is 0 Å². The first-order valence-corrected chi connectivity index (χ1v) is 9.54. The molecule has 0 bridgehead atoms. The zero-order chi connectivity index (χ0) is 22.5. The molecule has 3 N–H and O–H groups in total. The molecule has 1 aromatic heterocycles. The molecule has 0 aliphatic rings. The Bertz CT molecular complexity index is 1030. The standard InChI is InChI=1S/C24H27N3O3/c1-6-7-19(15(2)3)16(4)23-26-13-20(22(25)27-23)24(5,14-28)18-10-8-17(9-11-18)12-21(29)30/h6-11,13-14H,4,12H2,1-3,5H3,(H,29,30)(H2,25,26,27)/b7-6-. The number of allylic oxidation sites excluding steroid dienone is 5. The van der Waals surface area contributed by atoms with E-state index in [0.717, 1.165) is 17.4 Å². The molecule has 1 heterocycles. The predicted octanol–water partition coefficient (Wildman–Crippen LogP) is 4.12. The molecule has 1 aromatic carbocycles. The van der Waals surface area contributed by atoms with Crippen molar-refractivity contribution in [1.29, 1.82) is 0 Å². The third-order valence-corrected chi connectivity index (χ3v) is 4.99. The Hall–Kier alpha value is -3.54. The van der Waals surface area contributed by atoms with Gasteiger partial charge < -0.3 is 15.6 Å². The number of benzene rings is 1. The van der Waals surface area contributed by atoms with Crippen LogP contribution in [0, 0.1) is 0 Å². The van der Waals surface area contributed by atoms with E-state index in [9.17, 15) is 9.59 Å². The number of nitrogens with zero attached hydrogens (tertiary/aromatic N) is 2. The van der Waals surface area contributed by atoms with Gasteiger partial charge in [0.25, 0.3) is 0 Å². The molecule has 2 aromatic rings. The van der Waals surface area contributed by atoms with Crippen LogP contribution in [0.5, 0.6) is 0 Å². The quantitative estimate of drug-likeness (QED) is 0.505. The van der Waals surface area contributed by atoms with E-state index in [2.05, 4.69) is 16.5 Å². The topological polar surface area (TPSA) is 106 Å². The fraction of sp³-hybridized carbons (Fsp3) is 0.250. The molecular formula is C24H27N3O3. The minimum absolute atomic E-state index is 0.0843. The van der Waals surface area contributed by atoms with E-state index >= 15 is 0 Å². The number of hydrogen-bond donors (Lipinski definition) is 2. The lowest BCUT2D eigenvalue weighted by Gasteiger charge is -2.25. The summed E-state index contributed by atoms with van der Waals surface area (Å²) >= 11 is 0. The molecule has 30 heavy (non-hydrogen) atoms. The Morgan fingerprint density at radius 3 is 2.37 bits per heavy atom. The second-order valence-corrected chi connectivity index (χ2v) is 7.47. The maximum Gasteiger partial charge on any atom is 0.307 e. The molecule has 0 spiro atoms. The molecule has 0 aliphatic carbocycles. The minimum atomic E-state index is -1.08. The van der Waals surface area contributed by atoms with Gasteiger partial charge in [-0.15, -0.1) is 0 Å². The van der Waals surface area contributed by atoms with Crippen LogP contribution in [0.4, 0.5) is 5.82 Å². The van der Waals surface area contributed by atoms with E-state index < -0.39 is 11.4 Å². The van der Waals surface area contributed by atoms with Gasteiger partial charge in [0.1, 0.15) is 12.1 Å². The van der Waals surface area contributed by atoms with E-state index in [-0.39, 0.29) is 12.2 Å². The van der Waals surface area contributed by atoms with E-state index in [1.54, 1.807) is 37.4 Å². The molecule has 0 radical (unpaired) electrons. The summed E-state index contributed by atoms with van der Waals surface area (Å²) in [6.45, 7) is 11.7. The highest BCUT2D eigenvalue weighted by Gasteiger charge is 2.32. The first-order chi connectivity index (χ1) is 14.1. The molecule has 6 nitrogen and oxygen atoms in total. The van der Waals surface area contributed by atoms with Gasteiger partial charge in [-0.2, -0.15) is 0 Å². The Morgan fingerprint density at radius 1 is 1.27 bits per heavy atom. The smallest absolute Gasteiger partial charge is 0.307 e. The van der Waals surface area contributed by atoms with E-state index in [1.807, 2.05) is 32.9 Å². The summed E-state index contributed by atoms with van der Waals surface area (Å²) in [6.07, 6.45) is 6.13. The zero-order valence-electron chi connectivity index (χ0n) is 17.8. The molecule has 156 valence electrons. The van der Waals surface area contributed by atoms with Gasteiger partial charge in [-0.05, 0) is 44.4 Å². The number of aromatic nitrogens is 2. The van der Waals surface area contributed by atoms with Gasteiger partial charge in [0, 0.05) is 17.3 Å². The lowest BCUT2D eigenvalue weighted by atomic mass is 9.78. The van der Waals surface area contributed by atoms with Crippen LogP contribution in [-0.4, -0.2) is 27.3 Å². The summed E-state index contributed by atoms with van der Waals surface area (Å²) in [5, 5.41) is 8.93. The van der Waals surface area contributed by atoms with Crippen molar-refractivity contribution in [3.05, 3.63) is 82.9 Å². The summed E-state index contributed by atoms with van der Waals surface area (Å²) < 4.78 is 0. The molecule has 6 heteroatoms. The second-order valence-electron chi connectivity index (χ2n) is 7.47. The van der Waals surface area contributed by atoms with Crippen molar-refractivity contribution in [1.82, 2.24) is 9.97 Å². The van der Waals surface area contributed by atoms with Gasteiger partial charge >= 0.3 is 5.97 Å². The fourth-order valence-electron chi connectivity index (χ4n) is 3.23. The SMILES string of the molecule is C=C(C(/C=C\C)=C(C)C)c1ncc(C(C)(C=O)c2ccc(CC(=O)O)cc2)c(N)n1. The van der Waals surface area contributed by atoms with Crippen molar-refractivity contribution >= 4 is 23.6 Å². The molecule has 1 unspecified atom stereocenters. The van der Waals surface area contributed by atoms with Crippen LogP contribution in [-0.2, 0) is 21.4 Å². The Kier molecular flexibility index (Phi) is 7.06. The fourth-order valence-corrected chi connectivity index (χ4v) is 3.23. The third kappa shape index (κ3) is 4.71. The Morgan fingerprint density at radius 2 is 1.90 bits per heavy atom. The summed E-state index contributed by atoms with van der Waals surface area (Å²) in [4.78, 5) is 31.8. The van der Waals surface area contributed by atoms with E-state index in [4.69, 9.17) is 10.8 Å². The molecule has 0 saturated carbocycles. The number of carbonyl (C=O) groups excluding carboxylic acids is 1. The summed E-state index contributed by atoms with van der Waals surface area (Å²) in [7, 11) is 0. The zero-order valence-corrected chi connectivity index (χ0v) is 17.8. The number of carboxylic acid groups (broad SMARTS) is 1. The normalized spacial score (nSPS) is 12.9. The number of hydrogen-bond acceptors (Lipinski definition) is 5. The van der Waals surface area contributed by atoms with Crippen LogP contribution in [0.1, 0.15) is 50.2 Å². The van der Waals surface area contributed by atoms with E-state index in [0.29, 0.717) is 28.1 Å². The molecule has 2 rings (SSSR count). The van der Waals surface area contributed by atoms with E-state index in [1.165, 1.54) is 0 Å². The van der Waals surface area contributed by atoms with Crippen LogP contribution in [0.15, 0.2) is 60.3 Å². The van der Waals surface area contributed by atoms with Crippen molar-refractivity contribution in [2.45, 2.75) is 39.5 Å². The van der Waals surface area contributed by atoms with Crippen molar-refractivity contribution in [3.63, 3.8) is 0 Å². The molecule has 0 aliphatic heterocycles. The number of aliphatic carboxylic acids is 1. The maximum absolute atomic E-state index is 12.1. The van der Waals surface area contributed by atoms with Gasteiger partial charge in [0.05, 0.1) is 11.8 Å². The molecule has 0 fully saturated rings. The van der Waals surface area contributed by atoms with Crippen molar-refractivity contribution in [3.8, 4) is 0 Å². The first-order valence-electron chi connectivity index (χ1n) is 9.54. The van der Waals surface area contributed by atoms with Gasteiger partial charge in [-0.3, -0.25) is 4.79 Å². The highest BCUT2D eigenvalue weighted by molar-refractivity contribution is 5.80. The average molecular weight is 405 g/mol. The highest BCUT2D eigenvalue weighted by atomic mass is 16.4. The van der Waals surface area contributed by atoms with Gasteiger partial charge in [0.2, 0.25) is 0 Å². The number of nitrogen functional groups attached to an aromatic ring is 1. The van der Waals surface area contributed by atoms with Crippen molar-refractivity contribution in [2.75, 3.05) is 5.73 Å². The Labute approximate surface area is 176 Å². The largest absolute Gasteiger partial charge is 0.481 e.